The van der Waals surface area contributed by atoms with Gasteiger partial charge in [0.2, 0.25) is 0 Å². The van der Waals surface area contributed by atoms with Crippen LogP contribution >= 0.6 is 0 Å². The molecule has 0 spiro atoms. The molecule has 0 aliphatic carbocycles. The number of hydrogen-bond donors (Lipinski definition) is 0. The number of likely N-dealkylation sites (tertiary alicyclic amines) is 1. The number of halogens is 3. The lowest BCUT2D eigenvalue weighted by atomic mass is 9.96. The SMILES string of the molecule is COCCCC(=O)c1cc2cn(CC3CCN(C(=O)c4ccc(C(F)(F)F)cc4)CC3)nc2cc1C. The van der Waals surface area contributed by atoms with E-state index in [0.717, 1.165) is 41.4 Å². The largest absolute Gasteiger partial charge is 0.416 e. The molecule has 1 saturated heterocycles. The van der Waals surface area contributed by atoms with Crippen LogP contribution in [0.1, 0.15) is 57.5 Å². The molecule has 2 heterocycles. The van der Waals surface area contributed by atoms with Gasteiger partial charge in [0.05, 0.1) is 11.1 Å². The minimum atomic E-state index is -4.42. The van der Waals surface area contributed by atoms with Gasteiger partial charge >= 0.3 is 6.18 Å². The highest BCUT2D eigenvalue weighted by Crippen LogP contribution is 2.30. The molecular weight excluding hydrogens is 471 g/mol. The Balaban J connectivity index is 1.35. The Kier molecular flexibility index (Phi) is 7.78. The zero-order valence-electron chi connectivity index (χ0n) is 20.5. The van der Waals surface area contributed by atoms with Gasteiger partial charge in [-0.25, -0.2) is 0 Å². The fourth-order valence-corrected chi connectivity index (χ4v) is 4.70. The number of carbonyl (C=O) groups excluding carboxylic acids is 2. The third-order valence-electron chi connectivity index (χ3n) is 6.76. The number of fused-ring (bicyclic) bond motifs is 1. The summed E-state index contributed by atoms with van der Waals surface area (Å²) in [6.07, 6.45) is 0.234. The number of ether oxygens (including phenoxy) is 1. The Morgan fingerprint density at radius 3 is 2.44 bits per heavy atom. The molecule has 1 aliphatic rings. The molecule has 1 aliphatic heterocycles. The Labute approximate surface area is 208 Å². The van der Waals surface area contributed by atoms with E-state index in [4.69, 9.17) is 4.74 Å². The van der Waals surface area contributed by atoms with Gasteiger partial charge in [-0.3, -0.25) is 14.3 Å². The third kappa shape index (κ3) is 5.95. The van der Waals surface area contributed by atoms with E-state index in [1.165, 1.54) is 12.1 Å². The molecule has 1 amide bonds. The summed E-state index contributed by atoms with van der Waals surface area (Å²) >= 11 is 0. The fraction of sp³-hybridized carbons (Fsp3) is 0.444. The highest BCUT2D eigenvalue weighted by atomic mass is 19.4. The number of amides is 1. The van der Waals surface area contributed by atoms with Crippen molar-refractivity contribution in [1.29, 1.82) is 0 Å². The number of nitrogens with zero attached hydrogens (tertiary/aromatic N) is 3. The quantitative estimate of drug-likeness (QED) is 0.301. The summed E-state index contributed by atoms with van der Waals surface area (Å²) in [5, 5.41) is 5.61. The monoisotopic (exact) mass is 501 g/mol. The molecule has 1 aromatic heterocycles. The summed E-state index contributed by atoms with van der Waals surface area (Å²) in [5.41, 5.74) is 1.97. The summed E-state index contributed by atoms with van der Waals surface area (Å²) in [5.74, 6) is 0.182. The first-order chi connectivity index (χ1) is 17.2. The number of methoxy groups -OCH3 is 1. The maximum atomic E-state index is 12.8. The molecule has 0 N–H and O–H groups in total. The van der Waals surface area contributed by atoms with Crippen LogP contribution in [0.25, 0.3) is 10.9 Å². The van der Waals surface area contributed by atoms with Crippen LogP contribution in [0.2, 0.25) is 0 Å². The molecule has 6 nitrogen and oxygen atoms in total. The van der Waals surface area contributed by atoms with Crippen LogP contribution in [0.3, 0.4) is 0 Å². The first-order valence-corrected chi connectivity index (χ1v) is 12.1. The standard InChI is InChI=1S/C27H30F3N3O3/c1-18-14-24-21(15-23(18)25(34)4-3-13-36-2)17-33(31-24)16-19-9-11-32(12-10-19)26(35)20-5-7-22(8-6-20)27(28,29)30/h5-8,14-15,17,19H,3-4,9-13,16H2,1-2H3. The van der Waals surface area contributed by atoms with Gasteiger partial charge < -0.3 is 9.64 Å². The first kappa shape index (κ1) is 25.9. The molecule has 0 bridgehead atoms. The number of Topliss-reactive ketones (excluding diaryl/α,β-unsaturated/α-hetero) is 1. The number of aromatic nitrogens is 2. The van der Waals surface area contributed by atoms with Gasteiger partial charge in [0.15, 0.2) is 5.78 Å². The second-order valence-electron chi connectivity index (χ2n) is 9.41. The Hall–Kier alpha value is -3.20. The maximum absolute atomic E-state index is 12.8. The van der Waals surface area contributed by atoms with Crippen LogP contribution in [0.5, 0.6) is 0 Å². The molecule has 4 rings (SSSR count). The Morgan fingerprint density at radius 2 is 1.81 bits per heavy atom. The average Bonchev–Trinajstić information content (AvgIpc) is 3.24. The van der Waals surface area contributed by atoms with Crippen LogP contribution in [-0.2, 0) is 17.5 Å². The number of ketones is 1. The van der Waals surface area contributed by atoms with E-state index in [-0.39, 0.29) is 17.3 Å². The van der Waals surface area contributed by atoms with Gasteiger partial charge in [-0.15, -0.1) is 0 Å². The van der Waals surface area contributed by atoms with Crippen molar-refractivity contribution >= 4 is 22.6 Å². The van der Waals surface area contributed by atoms with E-state index in [1.807, 2.05) is 29.9 Å². The van der Waals surface area contributed by atoms with E-state index in [0.29, 0.717) is 50.6 Å². The average molecular weight is 502 g/mol. The van der Waals surface area contributed by atoms with Crippen molar-refractivity contribution in [2.24, 2.45) is 5.92 Å². The van der Waals surface area contributed by atoms with Crippen LogP contribution < -0.4 is 0 Å². The van der Waals surface area contributed by atoms with Crippen LogP contribution in [-0.4, -0.2) is 53.2 Å². The first-order valence-electron chi connectivity index (χ1n) is 12.1. The second-order valence-corrected chi connectivity index (χ2v) is 9.41. The number of carbonyl (C=O) groups is 2. The molecule has 192 valence electrons. The molecule has 1 fully saturated rings. The van der Waals surface area contributed by atoms with Crippen LogP contribution in [0, 0.1) is 12.8 Å². The van der Waals surface area contributed by atoms with E-state index in [2.05, 4.69) is 5.10 Å². The predicted octanol–water partition coefficient (Wildman–Crippen LogP) is 5.53. The molecule has 3 aromatic rings. The number of piperidine rings is 1. The van der Waals surface area contributed by atoms with Crippen molar-refractivity contribution in [1.82, 2.24) is 14.7 Å². The summed E-state index contributed by atoms with van der Waals surface area (Å²) in [6, 6.07) is 8.23. The van der Waals surface area contributed by atoms with Crippen LogP contribution in [0.15, 0.2) is 42.6 Å². The zero-order chi connectivity index (χ0) is 25.9. The van der Waals surface area contributed by atoms with Gasteiger partial charge in [0, 0.05) is 62.5 Å². The third-order valence-corrected chi connectivity index (χ3v) is 6.76. The van der Waals surface area contributed by atoms with Crippen molar-refractivity contribution in [3.63, 3.8) is 0 Å². The molecular formula is C27H30F3N3O3. The number of rotatable bonds is 8. The lowest BCUT2D eigenvalue weighted by Crippen LogP contribution is -2.39. The smallest absolute Gasteiger partial charge is 0.385 e. The number of aryl methyl sites for hydroxylation is 1. The van der Waals surface area contributed by atoms with E-state index in [1.54, 1.807) is 12.0 Å². The summed E-state index contributed by atoms with van der Waals surface area (Å²) in [4.78, 5) is 27.0. The lowest BCUT2D eigenvalue weighted by Gasteiger charge is -2.32. The summed E-state index contributed by atoms with van der Waals surface area (Å²) in [6.45, 7) is 4.27. The molecule has 9 heteroatoms. The summed E-state index contributed by atoms with van der Waals surface area (Å²) < 4.78 is 45.3. The van der Waals surface area contributed by atoms with Crippen molar-refractivity contribution in [2.75, 3.05) is 26.8 Å². The molecule has 36 heavy (non-hydrogen) atoms. The van der Waals surface area contributed by atoms with Crippen LogP contribution in [0.4, 0.5) is 13.2 Å². The number of benzene rings is 2. The van der Waals surface area contributed by atoms with Crippen molar-refractivity contribution in [3.8, 4) is 0 Å². The topological polar surface area (TPSA) is 64.4 Å². The van der Waals surface area contributed by atoms with Crippen molar-refractivity contribution in [3.05, 3.63) is 64.8 Å². The Morgan fingerprint density at radius 1 is 1.11 bits per heavy atom. The fourth-order valence-electron chi connectivity index (χ4n) is 4.70. The number of alkyl halides is 3. The predicted molar refractivity (Wildman–Crippen MR) is 130 cm³/mol. The van der Waals surface area contributed by atoms with Gasteiger partial charge in [0.25, 0.3) is 5.91 Å². The molecule has 2 aromatic carbocycles. The highest BCUT2D eigenvalue weighted by molar-refractivity contribution is 6.00. The van der Waals surface area contributed by atoms with Gasteiger partial charge in [-0.2, -0.15) is 18.3 Å². The number of hydrogen-bond acceptors (Lipinski definition) is 4. The van der Waals surface area contributed by atoms with Gasteiger partial charge in [-0.05, 0) is 74.1 Å². The minimum Gasteiger partial charge on any atom is -0.385 e. The maximum Gasteiger partial charge on any atom is 0.416 e. The molecule has 0 atom stereocenters. The van der Waals surface area contributed by atoms with Gasteiger partial charge in [0.1, 0.15) is 0 Å². The summed E-state index contributed by atoms with van der Waals surface area (Å²) in [7, 11) is 1.62. The van der Waals surface area contributed by atoms with Crippen molar-refractivity contribution < 1.29 is 27.5 Å². The molecule has 0 unspecified atom stereocenters. The molecule has 0 radical (unpaired) electrons. The van der Waals surface area contributed by atoms with E-state index in [9.17, 15) is 22.8 Å². The van der Waals surface area contributed by atoms with E-state index < -0.39 is 11.7 Å². The minimum absolute atomic E-state index is 0.101. The lowest BCUT2D eigenvalue weighted by molar-refractivity contribution is -0.137. The van der Waals surface area contributed by atoms with Gasteiger partial charge in [-0.1, -0.05) is 0 Å². The molecule has 0 saturated carbocycles. The van der Waals surface area contributed by atoms with E-state index >= 15 is 0 Å². The normalized spacial score (nSPS) is 15.0. The Bertz CT molecular complexity index is 1230. The highest BCUT2D eigenvalue weighted by Gasteiger charge is 2.31. The zero-order valence-corrected chi connectivity index (χ0v) is 20.5. The second kappa shape index (κ2) is 10.8. The van der Waals surface area contributed by atoms with Crippen molar-refractivity contribution in [2.45, 2.75) is 45.3 Å².